The summed E-state index contributed by atoms with van der Waals surface area (Å²) in [4.78, 5) is 14.2. The van der Waals surface area contributed by atoms with Crippen molar-refractivity contribution >= 4 is 5.97 Å². The van der Waals surface area contributed by atoms with Gasteiger partial charge in [0, 0.05) is 24.7 Å². The van der Waals surface area contributed by atoms with Gasteiger partial charge in [0.25, 0.3) is 0 Å². The number of aliphatic carboxylic acids is 1. The van der Waals surface area contributed by atoms with Crippen LogP contribution in [0.5, 0.6) is 0 Å². The molecule has 2 bridgehead atoms. The summed E-state index contributed by atoms with van der Waals surface area (Å²) in [6.45, 7) is 2.46. The molecule has 4 nitrogen and oxygen atoms in total. The topological polar surface area (TPSA) is 52.6 Å². The van der Waals surface area contributed by atoms with Gasteiger partial charge in [-0.25, -0.2) is 0 Å². The summed E-state index contributed by atoms with van der Waals surface area (Å²) in [5, 5.41) is 13.3. The van der Waals surface area contributed by atoms with E-state index in [1.165, 1.54) is 38.8 Å². The van der Waals surface area contributed by atoms with Crippen LogP contribution in [-0.4, -0.2) is 47.2 Å². The first kappa shape index (κ1) is 12.2. The van der Waals surface area contributed by atoms with Crippen molar-refractivity contribution < 1.29 is 9.90 Å². The number of rotatable bonds is 3. The molecule has 0 aromatic rings. The Balaban J connectivity index is 1.48. The van der Waals surface area contributed by atoms with Gasteiger partial charge < -0.3 is 10.4 Å². The molecule has 19 heavy (non-hydrogen) atoms. The van der Waals surface area contributed by atoms with E-state index < -0.39 is 5.97 Å². The average Bonchev–Trinajstić information content (AvgIpc) is 3.08. The molecule has 4 fully saturated rings. The molecule has 2 saturated carbocycles. The highest BCUT2D eigenvalue weighted by molar-refractivity contribution is 5.72. The minimum atomic E-state index is -0.564. The molecule has 4 rings (SSSR count). The predicted octanol–water partition coefficient (Wildman–Crippen LogP) is 1.31. The van der Waals surface area contributed by atoms with Gasteiger partial charge >= 0.3 is 5.97 Å². The van der Waals surface area contributed by atoms with Crippen LogP contribution in [0.15, 0.2) is 0 Å². The van der Waals surface area contributed by atoms with Gasteiger partial charge in [0.15, 0.2) is 0 Å². The van der Waals surface area contributed by atoms with Crippen LogP contribution in [0.1, 0.15) is 38.5 Å². The van der Waals surface area contributed by atoms with Gasteiger partial charge in [0.2, 0.25) is 0 Å². The van der Waals surface area contributed by atoms with Crippen LogP contribution < -0.4 is 5.32 Å². The minimum Gasteiger partial charge on any atom is -0.481 e. The molecule has 2 aliphatic carbocycles. The van der Waals surface area contributed by atoms with Gasteiger partial charge in [-0.3, -0.25) is 9.69 Å². The Bertz CT molecular complexity index is 386. The van der Waals surface area contributed by atoms with Gasteiger partial charge in [-0.15, -0.1) is 0 Å². The maximum absolute atomic E-state index is 11.6. The Labute approximate surface area is 114 Å². The molecule has 106 valence electrons. The smallest absolute Gasteiger partial charge is 0.308 e. The van der Waals surface area contributed by atoms with Crippen LogP contribution in [0.4, 0.5) is 0 Å². The van der Waals surface area contributed by atoms with Crippen molar-refractivity contribution in [3.8, 4) is 0 Å². The molecule has 0 radical (unpaired) electrons. The minimum absolute atomic E-state index is 0.116. The maximum Gasteiger partial charge on any atom is 0.308 e. The number of nitrogens with zero attached hydrogens (tertiary/aromatic N) is 1. The van der Waals surface area contributed by atoms with Crippen LogP contribution in [0.25, 0.3) is 0 Å². The molecule has 2 saturated heterocycles. The normalized spacial score (nSPS) is 48.8. The van der Waals surface area contributed by atoms with E-state index in [2.05, 4.69) is 10.2 Å². The fourth-order valence-electron chi connectivity index (χ4n) is 5.41. The maximum atomic E-state index is 11.6. The van der Waals surface area contributed by atoms with Crippen molar-refractivity contribution in [2.75, 3.05) is 13.1 Å². The van der Waals surface area contributed by atoms with Crippen LogP contribution >= 0.6 is 0 Å². The summed E-state index contributed by atoms with van der Waals surface area (Å²) in [6.07, 6.45) is 7.37. The molecule has 2 N–H and O–H groups in total. The van der Waals surface area contributed by atoms with E-state index in [0.717, 1.165) is 12.8 Å². The number of hydrogen-bond acceptors (Lipinski definition) is 3. The van der Waals surface area contributed by atoms with E-state index >= 15 is 0 Å². The lowest BCUT2D eigenvalue weighted by atomic mass is 9.83. The number of hydrogen-bond donors (Lipinski definition) is 2. The van der Waals surface area contributed by atoms with E-state index in [1.807, 2.05) is 0 Å². The molecule has 6 unspecified atom stereocenters. The summed E-state index contributed by atoms with van der Waals surface area (Å²) in [7, 11) is 0. The summed E-state index contributed by atoms with van der Waals surface area (Å²) >= 11 is 0. The summed E-state index contributed by atoms with van der Waals surface area (Å²) in [5.74, 6) is 0.391. The largest absolute Gasteiger partial charge is 0.481 e. The monoisotopic (exact) mass is 264 g/mol. The van der Waals surface area contributed by atoms with Gasteiger partial charge in [0.1, 0.15) is 0 Å². The second-order valence-electron chi connectivity index (χ2n) is 7.03. The second-order valence-corrected chi connectivity index (χ2v) is 7.03. The van der Waals surface area contributed by atoms with Crippen LogP contribution in [0, 0.1) is 17.8 Å². The van der Waals surface area contributed by atoms with Gasteiger partial charge in [-0.2, -0.15) is 0 Å². The fourth-order valence-corrected chi connectivity index (χ4v) is 5.41. The first-order valence-electron chi connectivity index (χ1n) is 7.97. The molecule has 2 aliphatic heterocycles. The van der Waals surface area contributed by atoms with E-state index in [1.54, 1.807) is 0 Å². The van der Waals surface area contributed by atoms with Crippen LogP contribution in [-0.2, 0) is 4.79 Å². The zero-order valence-corrected chi connectivity index (χ0v) is 11.4. The van der Waals surface area contributed by atoms with Crippen LogP contribution in [0.2, 0.25) is 0 Å². The average molecular weight is 264 g/mol. The quantitative estimate of drug-likeness (QED) is 0.807. The Morgan fingerprint density at radius 2 is 1.95 bits per heavy atom. The molecule has 2 heterocycles. The standard InChI is InChI=1S/C15H24N2O2/c18-15(19)13-9-3-4-10(8-9)14(13)16-11-5-7-17-6-1-2-12(11)17/h9-14,16H,1-8H2,(H,18,19). The summed E-state index contributed by atoms with van der Waals surface area (Å²) < 4.78 is 0. The van der Waals surface area contributed by atoms with E-state index in [4.69, 9.17) is 0 Å². The first-order chi connectivity index (χ1) is 9.24. The van der Waals surface area contributed by atoms with Crippen LogP contribution in [0.3, 0.4) is 0 Å². The Morgan fingerprint density at radius 3 is 2.79 bits per heavy atom. The van der Waals surface area contributed by atoms with Crippen molar-refractivity contribution in [2.45, 2.75) is 56.7 Å². The third kappa shape index (κ3) is 1.83. The highest BCUT2D eigenvalue weighted by atomic mass is 16.4. The molecular weight excluding hydrogens is 240 g/mol. The Morgan fingerprint density at radius 1 is 1.11 bits per heavy atom. The first-order valence-corrected chi connectivity index (χ1v) is 7.97. The molecule has 0 amide bonds. The molecule has 6 atom stereocenters. The number of carbonyl (C=O) groups is 1. The van der Waals surface area contributed by atoms with Crippen molar-refractivity contribution in [3.05, 3.63) is 0 Å². The Kier molecular flexibility index (Phi) is 2.85. The van der Waals surface area contributed by atoms with Crippen molar-refractivity contribution in [3.63, 3.8) is 0 Å². The lowest BCUT2D eigenvalue weighted by molar-refractivity contribution is -0.144. The van der Waals surface area contributed by atoms with E-state index in [0.29, 0.717) is 23.9 Å². The number of carboxylic acid groups (broad SMARTS) is 1. The molecule has 4 heteroatoms. The molecule has 0 aromatic carbocycles. The second kappa shape index (κ2) is 4.45. The summed E-state index contributed by atoms with van der Waals surface area (Å²) in [5.41, 5.74) is 0. The van der Waals surface area contributed by atoms with Crippen molar-refractivity contribution in [2.24, 2.45) is 17.8 Å². The van der Waals surface area contributed by atoms with Crippen molar-refractivity contribution in [1.29, 1.82) is 0 Å². The van der Waals surface area contributed by atoms with Gasteiger partial charge in [0.05, 0.1) is 5.92 Å². The zero-order chi connectivity index (χ0) is 13.0. The third-order valence-corrected chi connectivity index (χ3v) is 6.21. The number of carboxylic acids is 1. The van der Waals surface area contributed by atoms with Crippen molar-refractivity contribution in [1.82, 2.24) is 10.2 Å². The molecular formula is C15H24N2O2. The van der Waals surface area contributed by atoms with E-state index in [-0.39, 0.29) is 12.0 Å². The third-order valence-electron chi connectivity index (χ3n) is 6.21. The highest BCUT2D eigenvalue weighted by Gasteiger charge is 2.52. The van der Waals surface area contributed by atoms with Gasteiger partial charge in [-0.1, -0.05) is 0 Å². The lowest BCUT2D eigenvalue weighted by Crippen LogP contribution is -2.51. The predicted molar refractivity (Wildman–Crippen MR) is 71.9 cm³/mol. The molecule has 0 spiro atoms. The summed E-state index contributed by atoms with van der Waals surface area (Å²) in [6, 6.07) is 1.49. The number of nitrogens with one attached hydrogen (secondary N) is 1. The number of fused-ring (bicyclic) bond motifs is 3. The van der Waals surface area contributed by atoms with E-state index in [9.17, 15) is 9.90 Å². The highest BCUT2D eigenvalue weighted by Crippen LogP contribution is 2.49. The fraction of sp³-hybridized carbons (Fsp3) is 0.933. The zero-order valence-electron chi connectivity index (χ0n) is 11.4. The lowest BCUT2D eigenvalue weighted by Gasteiger charge is -2.33. The van der Waals surface area contributed by atoms with Gasteiger partial charge in [-0.05, 0) is 56.9 Å². The molecule has 0 aromatic heterocycles. The Hall–Kier alpha value is -0.610. The SMILES string of the molecule is O=C(O)C1C2CCC(C2)C1NC1CCN2CCCC12. The molecule has 4 aliphatic rings.